The van der Waals surface area contributed by atoms with Gasteiger partial charge in [-0.05, 0) is 11.5 Å². The standard InChI is InChI=1S/C12H16O3/c1-10(2)8-14-12(13)15-9-11-6-4-3-5-7-11/h3-7,10H,8-9H2,1-2H3. The Morgan fingerprint density at radius 2 is 1.87 bits per heavy atom. The highest BCUT2D eigenvalue weighted by Gasteiger charge is 2.05. The number of carbonyl (C=O) groups is 1. The molecule has 3 heteroatoms. The Kier molecular flexibility index (Phi) is 4.68. The van der Waals surface area contributed by atoms with Crippen molar-refractivity contribution in [2.24, 2.45) is 5.92 Å². The van der Waals surface area contributed by atoms with Crippen LogP contribution in [-0.2, 0) is 16.1 Å². The van der Waals surface area contributed by atoms with Gasteiger partial charge in [-0.1, -0.05) is 44.2 Å². The van der Waals surface area contributed by atoms with Gasteiger partial charge < -0.3 is 9.47 Å². The van der Waals surface area contributed by atoms with Crippen LogP contribution in [0.4, 0.5) is 4.79 Å². The molecule has 0 amide bonds. The Labute approximate surface area is 90.0 Å². The summed E-state index contributed by atoms with van der Waals surface area (Å²) in [4.78, 5) is 11.1. The molecule has 0 aliphatic rings. The maximum absolute atomic E-state index is 11.1. The molecule has 0 spiro atoms. The van der Waals surface area contributed by atoms with E-state index in [-0.39, 0.29) is 6.61 Å². The molecule has 0 aliphatic heterocycles. The molecule has 0 saturated heterocycles. The van der Waals surface area contributed by atoms with Gasteiger partial charge in [0, 0.05) is 0 Å². The number of hydrogen-bond donors (Lipinski definition) is 0. The summed E-state index contributed by atoms with van der Waals surface area (Å²) in [6, 6.07) is 9.52. The minimum atomic E-state index is -0.604. The van der Waals surface area contributed by atoms with Gasteiger partial charge in [-0.3, -0.25) is 0 Å². The molecule has 0 atom stereocenters. The Hall–Kier alpha value is -1.51. The number of carbonyl (C=O) groups excluding carboxylic acids is 1. The van der Waals surface area contributed by atoms with E-state index in [2.05, 4.69) is 0 Å². The Morgan fingerprint density at radius 3 is 2.47 bits per heavy atom. The van der Waals surface area contributed by atoms with Gasteiger partial charge >= 0.3 is 6.16 Å². The van der Waals surface area contributed by atoms with E-state index < -0.39 is 6.16 Å². The van der Waals surface area contributed by atoms with Gasteiger partial charge in [0.05, 0.1) is 6.61 Å². The molecule has 1 aromatic carbocycles. The van der Waals surface area contributed by atoms with E-state index in [0.29, 0.717) is 12.5 Å². The van der Waals surface area contributed by atoms with Crippen molar-refractivity contribution >= 4 is 6.16 Å². The van der Waals surface area contributed by atoms with Gasteiger partial charge in [0.1, 0.15) is 6.61 Å². The minimum Gasteiger partial charge on any atom is -0.434 e. The van der Waals surface area contributed by atoms with Crippen LogP contribution in [0, 0.1) is 5.92 Å². The van der Waals surface area contributed by atoms with Crippen molar-refractivity contribution in [1.29, 1.82) is 0 Å². The van der Waals surface area contributed by atoms with Gasteiger partial charge in [0.15, 0.2) is 0 Å². The lowest BCUT2D eigenvalue weighted by Gasteiger charge is -2.07. The summed E-state index contributed by atoms with van der Waals surface area (Å²) in [6.45, 7) is 4.61. The molecule has 0 bridgehead atoms. The van der Waals surface area contributed by atoms with Crippen LogP contribution in [-0.4, -0.2) is 12.8 Å². The lowest BCUT2D eigenvalue weighted by Crippen LogP contribution is -2.11. The second kappa shape index (κ2) is 6.06. The molecule has 15 heavy (non-hydrogen) atoms. The Balaban J connectivity index is 2.23. The lowest BCUT2D eigenvalue weighted by atomic mass is 10.2. The fourth-order valence-electron chi connectivity index (χ4n) is 0.993. The van der Waals surface area contributed by atoms with Crippen LogP contribution in [0.3, 0.4) is 0 Å². The zero-order valence-corrected chi connectivity index (χ0v) is 9.10. The Morgan fingerprint density at radius 1 is 1.20 bits per heavy atom. The zero-order chi connectivity index (χ0) is 11.1. The molecule has 0 unspecified atom stereocenters. The van der Waals surface area contributed by atoms with Crippen molar-refractivity contribution in [1.82, 2.24) is 0 Å². The molecular formula is C12H16O3. The van der Waals surface area contributed by atoms with Crippen molar-refractivity contribution in [3.05, 3.63) is 35.9 Å². The SMILES string of the molecule is CC(C)COC(=O)OCc1ccccc1. The van der Waals surface area contributed by atoms with Gasteiger partial charge in [-0.25, -0.2) is 4.79 Å². The monoisotopic (exact) mass is 208 g/mol. The summed E-state index contributed by atoms with van der Waals surface area (Å²) in [6.07, 6.45) is -0.604. The molecular weight excluding hydrogens is 192 g/mol. The second-order valence-corrected chi connectivity index (χ2v) is 3.73. The van der Waals surface area contributed by atoms with Gasteiger partial charge in [0.2, 0.25) is 0 Å². The van der Waals surface area contributed by atoms with Crippen LogP contribution < -0.4 is 0 Å². The number of rotatable bonds is 4. The van der Waals surface area contributed by atoms with Crippen molar-refractivity contribution in [2.45, 2.75) is 20.5 Å². The van der Waals surface area contributed by atoms with Crippen LogP contribution in [0.5, 0.6) is 0 Å². The minimum absolute atomic E-state index is 0.262. The average molecular weight is 208 g/mol. The van der Waals surface area contributed by atoms with Crippen molar-refractivity contribution in [2.75, 3.05) is 6.61 Å². The third-order valence-electron chi connectivity index (χ3n) is 1.73. The fraction of sp³-hybridized carbons (Fsp3) is 0.417. The van der Waals surface area contributed by atoms with E-state index in [1.807, 2.05) is 44.2 Å². The molecule has 0 N–H and O–H groups in total. The van der Waals surface area contributed by atoms with E-state index in [1.54, 1.807) is 0 Å². The van der Waals surface area contributed by atoms with Crippen LogP contribution in [0.1, 0.15) is 19.4 Å². The van der Waals surface area contributed by atoms with Crippen LogP contribution in [0.2, 0.25) is 0 Å². The number of hydrogen-bond acceptors (Lipinski definition) is 3. The smallest absolute Gasteiger partial charge is 0.434 e. The van der Waals surface area contributed by atoms with Gasteiger partial charge in [-0.15, -0.1) is 0 Å². The lowest BCUT2D eigenvalue weighted by molar-refractivity contribution is 0.0425. The van der Waals surface area contributed by atoms with E-state index in [9.17, 15) is 4.79 Å². The highest BCUT2D eigenvalue weighted by molar-refractivity contribution is 5.59. The quantitative estimate of drug-likeness (QED) is 0.713. The summed E-state index contributed by atoms with van der Waals surface area (Å²) in [5.74, 6) is 0.328. The third-order valence-corrected chi connectivity index (χ3v) is 1.73. The summed E-state index contributed by atoms with van der Waals surface area (Å²) in [5, 5.41) is 0. The van der Waals surface area contributed by atoms with Gasteiger partial charge in [-0.2, -0.15) is 0 Å². The van der Waals surface area contributed by atoms with E-state index in [4.69, 9.17) is 9.47 Å². The molecule has 82 valence electrons. The third kappa shape index (κ3) is 5.05. The molecule has 1 rings (SSSR count). The summed E-state index contributed by atoms with van der Waals surface area (Å²) < 4.78 is 9.78. The molecule has 0 aliphatic carbocycles. The second-order valence-electron chi connectivity index (χ2n) is 3.73. The van der Waals surface area contributed by atoms with Crippen LogP contribution in [0.25, 0.3) is 0 Å². The van der Waals surface area contributed by atoms with Crippen molar-refractivity contribution < 1.29 is 14.3 Å². The highest BCUT2D eigenvalue weighted by atomic mass is 16.7. The van der Waals surface area contributed by atoms with E-state index in [0.717, 1.165) is 5.56 Å². The summed E-state index contributed by atoms with van der Waals surface area (Å²) in [7, 11) is 0. The first-order valence-electron chi connectivity index (χ1n) is 5.02. The van der Waals surface area contributed by atoms with Crippen molar-refractivity contribution in [3.63, 3.8) is 0 Å². The normalized spacial score (nSPS) is 10.1. The maximum atomic E-state index is 11.1. The van der Waals surface area contributed by atoms with E-state index in [1.165, 1.54) is 0 Å². The van der Waals surface area contributed by atoms with E-state index >= 15 is 0 Å². The number of ether oxygens (including phenoxy) is 2. The predicted octanol–water partition coefficient (Wildman–Crippen LogP) is 3.00. The molecule has 0 saturated carbocycles. The fourth-order valence-corrected chi connectivity index (χ4v) is 0.993. The zero-order valence-electron chi connectivity index (χ0n) is 9.10. The predicted molar refractivity (Wildman–Crippen MR) is 57.4 cm³/mol. The Bertz CT molecular complexity index is 293. The highest BCUT2D eigenvalue weighted by Crippen LogP contribution is 2.02. The topological polar surface area (TPSA) is 35.5 Å². The molecule has 0 radical (unpaired) electrons. The van der Waals surface area contributed by atoms with Gasteiger partial charge in [0.25, 0.3) is 0 Å². The number of benzene rings is 1. The molecule has 0 fully saturated rings. The molecule has 0 aromatic heterocycles. The first-order chi connectivity index (χ1) is 7.18. The average Bonchev–Trinajstić information content (AvgIpc) is 2.25. The molecule has 0 heterocycles. The van der Waals surface area contributed by atoms with Crippen molar-refractivity contribution in [3.8, 4) is 0 Å². The largest absolute Gasteiger partial charge is 0.508 e. The first kappa shape index (κ1) is 11.6. The molecule has 1 aromatic rings. The first-order valence-corrected chi connectivity index (χ1v) is 5.02. The summed E-state index contributed by atoms with van der Waals surface area (Å²) >= 11 is 0. The molecule has 3 nitrogen and oxygen atoms in total. The van der Waals surface area contributed by atoms with Crippen LogP contribution in [0.15, 0.2) is 30.3 Å². The maximum Gasteiger partial charge on any atom is 0.508 e. The summed E-state index contributed by atoms with van der Waals surface area (Å²) in [5.41, 5.74) is 0.957. The van der Waals surface area contributed by atoms with Crippen LogP contribution >= 0.6 is 0 Å².